The molecule has 7 aromatic rings. The summed E-state index contributed by atoms with van der Waals surface area (Å²) < 4.78 is 0. The molecule has 0 radical (unpaired) electrons. The Morgan fingerprint density at radius 2 is 1.06 bits per heavy atom. The van der Waals surface area contributed by atoms with E-state index in [1.54, 1.807) is 12.1 Å². The van der Waals surface area contributed by atoms with E-state index in [0.29, 0.717) is 0 Å². The molecule has 18 heavy (non-hydrogen) atoms. The summed E-state index contributed by atoms with van der Waals surface area (Å²) >= 11 is 0. The van der Waals surface area contributed by atoms with Crippen LogP contribution in [-0.4, -0.2) is 0 Å². The molecule has 0 aromatic heterocycles. The Kier molecular flexibility index (Phi) is 1.13. The van der Waals surface area contributed by atoms with Crippen LogP contribution in [0.1, 0.15) is 0 Å². The van der Waals surface area contributed by atoms with Gasteiger partial charge >= 0.3 is 0 Å². The molecular formula is C16H6O2. The zero-order valence-corrected chi connectivity index (χ0v) is 9.28. The van der Waals surface area contributed by atoms with Gasteiger partial charge in [-0.2, -0.15) is 0 Å². The van der Waals surface area contributed by atoms with Crippen molar-refractivity contribution in [1.29, 1.82) is 0 Å². The highest BCUT2D eigenvalue weighted by Gasteiger charge is 2.21. The van der Waals surface area contributed by atoms with Gasteiger partial charge in [-0.3, -0.25) is 9.59 Å². The molecule has 7 aromatic carbocycles. The van der Waals surface area contributed by atoms with Crippen LogP contribution in [0.5, 0.6) is 0 Å². The maximum absolute atomic E-state index is 12.3. The molecule has 2 nitrogen and oxygen atoms in total. The van der Waals surface area contributed by atoms with Crippen LogP contribution in [0.4, 0.5) is 0 Å². The van der Waals surface area contributed by atoms with Crippen LogP contribution < -0.4 is 10.9 Å². The Morgan fingerprint density at radius 1 is 0.500 bits per heavy atom. The minimum Gasteiger partial charge on any atom is -0.289 e. The molecule has 0 amide bonds. The number of fused-ring (bicyclic) bond motifs is 1. The van der Waals surface area contributed by atoms with Crippen molar-refractivity contribution in [3.05, 3.63) is 56.8 Å². The molecule has 0 N–H and O–H groups in total. The number of benzene rings is 7. The molecular weight excluding hydrogens is 224 g/mol. The first kappa shape index (κ1) is 8.59. The summed E-state index contributed by atoms with van der Waals surface area (Å²) in [7, 11) is 0. The quantitative estimate of drug-likeness (QED) is 0.383. The molecule has 0 heterocycles. The van der Waals surface area contributed by atoms with Crippen molar-refractivity contribution in [3.8, 4) is 0 Å². The fourth-order valence-corrected chi connectivity index (χ4v) is 3.40. The third-order valence-electron chi connectivity index (χ3n) is 4.13. The molecule has 0 saturated heterocycles. The normalized spacial score (nSPS) is 12.9. The molecule has 82 valence electrons. The summed E-state index contributed by atoms with van der Waals surface area (Å²) in [6.45, 7) is 0. The summed E-state index contributed by atoms with van der Waals surface area (Å²) in [5, 5.41) is 7.24. The summed E-state index contributed by atoms with van der Waals surface area (Å²) in [6, 6.07) is 11.1. The predicted molar refractivity (Wildman–Crippen MR) is 73.8 cm³/mol. The summed E-state index contributed by atoms with van der Waals surface area (Å²) in [5.74, 6) is 0. The number of rotatable bonds is 0. The van der Waals surface area contributed by atoms with Crippen molar-refractivity contribution in [2.24, 2.45) is 0 Å². The monoisotopic (exact) mass is 230 g/mol. The van der Waals surface area contributed by atoms with E-state index in [-0.39, 0.29) is 10.9 Å². The maximum atomic E-state index is 12.3. The topological polar surface area (TPSA) is 34.1 Å². The fourth-order valence-electron chi connectivity index (χ4n) is 3.40. The predicted octanol–water partition coefficient (Wildman–Crippen LogP) is 2.77. The molecule has 0 spiro atoms. The first-order valence-corrected chi connectivity index (χ1v) is 5.89. The SMILES string of the molecule is O=c1ccc2c3c(=O)c4ccc3c3ccc1c2c43. The van der Waals surface area contributed by atoms with Gasteiger partial charge in [0.1, 0.15) is 0 Å². The van der Waals surface area contributed by atoms with Gasteiger partial charge in [-0.25, -0.2) is 0 Å². The van der Waals surface area contributed by atoms with Crippen LogP contribution >= 0.6 is 0 Å². The minimum atomic E-state index is 0.0302. The first-order chi connectivity index (χ1) is 8.77. The van der Waals surface area contributed by atoms with Crippen LogP contribution in [0, 0.1) is 0 Å². The number of hydrogen-bond acceptors (Lipinski definition) is 2. The first-order valence-electron chi connectivity index (χ1n) is 5.89. The van der Waals surface area contributed by atoms with E-state index in [4.69, 9.17) is 0 Å². The van der Waals surface area contributed by atoms with Gasteiger partial charge in [-0.15, -0.1) is 0 Å². The van der Waals surface area contributed by atoms with Crippen LogP contribution in [0.3, 0.4) is 0 Å². The summed E-state index contributed by atoms with van der Waals surface area (Å²) in [4.78, 5) is 24.2. The van der Waals surface area contributed by atoms with Gasteiger partial charge in [0.2, 0.25) is 0 Å². The Bertz CT molecular complexity index is 1140. The molecule has 0 aliphatic heterocycles. The van der Waals surface area contributed by atoms with E-state index in [1.165, 1.54) is 0 Å². The number of hydrogen-bond donors (Lipinski definition) is 0. The van der Waals surface area contributed by atoms with Gasteiger partial charge < -0.3 is 0 Å². The van der Waals surface area contributed by atoms with E-state index in [9.17, 15) is 9.59 Å². The molecule has 0 atom stereocenters. The average molecular weight is 230 g/mol. The van der Waals surface area contributed by atoms with Gasteiger partial charge in [0, 0.05) is 26.9 Å². The molecule has 2 heteroatoms. The zero-order valence-electron chi connectivity index (χ0n) is 9.28. The van der Waals surface area contributed by atoms with Crippen molar-refractivity contribution in [2.45, 2.75) is 0 Å². The Balaban J connectivity index is 2.49. The Morgan fingerprint density at radius 3 is 1.89 bits per heavy atom. The van der Waals surface area contributed by atoms with Crippen molar-refractivity contribution >= 4 is 43.1 Å². The fraction of sp³-hybridized carbons (Fsp3) is 0. The zero-order chi connectivity index (χ0) is 12.0. The van der Waals surface area contributed by atoms with Gasteiger partial charge in [0.05, 0.1) is 0 Å². The van der Waals surface area contributed by atoms with E-state index in [0.717, 1.165) is 43.1 Å². The highest BCUT2D eigenvalue weighted by atomic mass is 16.1. The highest BCUT2D eigenvalue weighted by molar-refractivity contribution is 6.37. The maximum Gasteiger partial charge on any atom is 0.194 e. The Hall–Kier alpha value is -2.48. The van der Waals surface area contributed by atoms with Crippen LogP contribution in [0.25, 0.3) is 43.1 Å². The highest BCUT2D eigenvalue weighted by Crippen LogP contribution is 2.41. The third kappa shape index (κ3) is 0.663. The van der Waals surface area contributed by atoms with Gasteiger partial charge in [0.25, 0.3) is 0 Å². The minimum absolute atomic E-state index is 0.0302. The van der Waals surface area contributed by atoms with E-state index >= 15 is 0 Å². The second-order valence-corrected chi connectivity index (χ2v) is 4.89. The molecule has 6 bridgehead atoms. The van der Waals surface area contributed by atoms with Crippen LogP contribution in [0.15, 0.2) is 46.0 Å². The van der Waals surface area contributed by atoms with Crippen LogP contribution in [0.2, 0.25) is 0 Å². The lowest BCUT2D eigenvalue weighted by Gasteiger charge is -2.17. The van der Waals surface area contributed by atoms with Gasteiger partial charge in [0.15, 0.2) is 10.9 Å². The average Bonchev–Trinajstić information content (AvgIpc) is 2.38. The summed E-state index contributed by atoms with van der Waals surface area (Å²) in [6.07, 6.45) is 0. The van der Waals surface area contributed by atoms with Gasteiger partial charge in [-0.1, -0.05) is 12.1 Å². The van der Waals surface area contributed by atoms with Crippen LogP contribution in [-0.2, 0) is 0 Å². The summed E-state index contributed by atoms with van der Waals surface area (Å²) in [5.41, 5.74) is 0.140. The third-order valence-corrected chi connectivity index (χ3v) is 4.13. The van der Waals surface area contributed by atoms with E-state index < -0.39 is 0 Å². The smallest absolute Gasteiger partial charge is 0.194 e. The molecule has 0 unspecified atom stereocenters. The largest absolute Gasteiger partial charge is 0.289 e. The molecule has 0 saturated carbocycles. The van der Waals surface area contributed by atoms with Crippen molar-refractivity contribution in [2.75, 3.05) is 0 Å². The Labute approximate surface area is 100 Å². The molecule has 7 rings (SSSR count). The van der Waals surface area contributed by atoms with E-state index in [1.807, 2.05) is 24.3 Å². The molecule has 0 aliphatic carbocycles. The second-order valence-electron chi connectivity index (χ2n) is 4.89. The lowest BCUT2D eigenvalue weighted by atomic mass is 9.84. The van der Waals surface area contributed by atoms with Crippen molar-refractivity contribution < 1.29 is 0 Å². The standard InChI is InChI=1S/C16H6O2/c17-12-6-5-10-14-9(12)3-1-7-8-2-4-11(13(7)14)16(18)15(8)10/h1-6H. The van der Waals surface area contributed by atoms with E-state index in [2.05, 4.69) is 0 Å². The molecule has 0 aliphatic rings. The lowest BCUT2D eigenvalue weighted by Crippen LogP contribution is -2.10. The lowest BCUT2D eigenvalue weighted by molar-refractivity contribution is 1.68. The van der Waals surface area contributed by atoms with Crippen molar-refractivity contribution in [1.82, 2.24) is 0 Å². The second kappa shape index (κ2) is 2.36. The van der Waals surface area contributed by atoms with Crippen molar-refractivity contribution in [3.63, 3.8) is 0 Å². The van der Waals surface area contributed by atoms with Gasteiger partial charge in [-0.05, 0) is 40.4 Å². The molecule has 0 fully saturated rings.